The molecule has 1 heterocycles. The summed E-state index contributed by atoms with van der Waals surface area (Å²) in [4.78, 5) is 9.62. The van der Waals surface area contributed by atoms with Crippen LogP contribution in [0, 0.1) is 6.92 Å². The van der Waals surface area contributed by atoms with Gasteiger partial charge in [-0.2, -0.15) is 0 Å². The van der Waals surface area contributed by atoms with Crippen LogP contribution in [0.4, 0.5) is 5.69 Å². The average molecular weight is 358 g/mol. The Morgan fingerprint density at radius 2 is 1.43 bits per heavy atom. The van der Waals surface area contributed by atoms with Crippen molar-refractivity contribution in [2.75, 3.05) is 0 Å². The Balaban J connectivity index is 1.50. The summed E-state index contributed by atoms with van der Waals surface area (Å²) >= 11 is 0. The van der Waals surface area contributed by atoms with E-state index >= 15 is 0 Å². The van der Waals surface area contributed by atoms with E-state index in [1.54, 1.807) is 0 Å². The first kappa shape index (κ1) is 15.5. The minimum Gasteiger partial charge on any atom is -0.261 e. The number of aryl methyl sites for hydroxylation is 1. The molecule has 4 aromatic rings. The van der Waals surface area contributed by atoms with E-state index in [4.69, 9.17) is 4.99 Å². The topological polar surface area (TPSA) is 25.2 Å². The summed E-state index contributed by atoms with van der Waals surface area (Å²) in [5.74, 6) is 0. The largest absolute Gasteiger partial charge is 0.261 e. The highest BCUT2D eigenvalue weighted by Crippen LogP contribution is 2.40. The second-order valence-corrected chi connectivity index (χ2v) is 7.55. The third kappa shape index (κ3) is 2.21. The SMILES string of the molecule is Cc1cc2c(cn1)C(=Nc1ccc3c(c1)Cc1ccccc1-3)c1ccccc1-2. The van der Waals surface area contributed by atoms with Crippen LogP contribution in [0.15, 0.2) is 84.0 Å². The Kier molecular flexibility index (Phi) is 3.18. The number of hydrogen-bond donors (Lipinski definition) is 0. The van der Waals surface area contributed by atoms with Crippen molar-refractivity contribution in [1.82, 2.24) is 4.98 Å². The molecule has 0 saturated carbocycles. The number of pyridine rings is 1. The molecule has 0 aliphatic heterocycles. The van der Waals surface area contributed by atoms with Crippen molar-refractivity contribution in [2.24, 2.45) is 4.99 Å². The Bertz CT molecular complexity index is 1300. The molecule has 0 amide bonds. The van der Waals surface area contributed by atoms with Crippen LogP contribution in [0.3, 0.4) is 0 Å². The highest BCUT2D eigenvalue weighted by atomic mass is 14.8. The highest BCUT2D eigenvalue weighted by molar-refractivity contribution is 6.25. The number of aliphatic imine (C=N–C) groups is 1. The minimum absolute atomic E-state index is 0.984. The van der Waals surface area contributed by atoms with E-state index in [-0.39, 0.29) is 0 Å². The van der Waals surface area contributed by atoms with Crippen molar-refractivity contribution >= 4 is 11.4 Å². The lowest BCUT2D eigenvalue weighted by molar-refractivity contribution is 1.20. The van der Waals surface area contributed by atoms with Gasteiger partial charge >= 0.3 is 0 Å². The molecular formula is C26H18N2. The monoisotopic (exact) mass is 358 g/mol. The van der Waals surface area contributed by atoms with Gasteiger partial charge in [0, 0.05) is 23.0 Å². The molecule has 0 radical (unpaired) electrons. The van der Waals surface area contributed by atoms with E-state index in [1.807, 2.05) is 13.1 Å². The van der Waals surface area contributed by atoms with Crippen LogP contribution in [-0.4, -0.2) is 10.7 Å². The lowest BCUT2D eigenvalue weighted by Crippen LogP contribution is -1.98. The standard InChI is InChI=1S/C26H18N2/c1-16-12-24-22-8-4-5-9-23(22)26(25(24)15-27-16)28-19-10-11-21-18(14-19)13-17-6-2-3-7-20(17)21/h2-12,14-15H,13H2,1H3. The molecule has 0 unspecified atom stereocenters. The Morgan fingerprint density at radius 3 is 2.32 bits per heavy atom. The van der Waals surface area contributed by atoms with Crippen LogP contribution in [0.2, 0.25) is 0 Å². The Morgan fingerprint density at radius 1 is 0.679 bits per heavy atom. The van der Waals surface area contributed by atoms with E-state index in [1.165, 1.54) is 38.9 Å². The lowest BCUT2D eigenvalue weighted by atomic mass is 10.1. The van der Waals surface area contributed by atoms with Gasteiger partial charge in [-0.25, -0.2) is 4.99 Å². The summed E-state index contributed by atoms with van der Waals surface area (Å²) < 4.78 is 0. The van der Waals surface area contributed by atoms with Crippen LogP contribution in [0.25, 0.3) is 22.3 Å². The first-order valence-electron chi connectivity index (χ1n) is 9.64. The van der Waals surface area contributed by atoms with Crippen molar-refractivity contribution in [3.8, 4) is 22.3 Å². The molecule has 0 spiro atoms. The van der Waals surface area contributed by atoms with Gasteiger partial charge in [0.15, 0.2) is 0 Å². The zero-order valence-electron chi connectivity index (χ0n) is 15.6. The number of nitrogens with zero attached hydrogens (tertiary/aromatic N) is 2. The van der Waals surface area contributed by atoms with E-state index in [0.29, 0.717) is 0 Å². The van der Waals surface area contributed by atoms with Gasteiger partial charge in [0.1, 0.15) is 0 Å². The summed E-state index contributed by atoms with van der Waals surface area (Å²) in [6.45, 7) is 2.04. The molecule has 0 saturated heterocycles. The van der Waals surface area contributed by atoms with Crippen molar-refractivity contribution in [2.45, 2.75) is 13.3 Å². The Hall–Kier alpha value is -3.52. The number of aromatic nitrogens is 1. The number of fused-ring (bicyclic) bond motifs is 6. The predicted octanol–water partition coefficient (Wildman–Crippen LogP) is 6.11. The zero-order chi connectivity index (χ0) is 18.7. The molecular weight excluding hydrogens is 340 g/mol. The molecule has 2 nitrogen and oxygen atoms in total. The summed E-state index contributed by atoms with van der Waals surface area (Å²) in [6.07, 6.45) is 2.95. The van der Waals surface area contributed by atoms with Gasteiger partial charge in [0.25, 0.3) is 0 Å². The molecule has 0 atom stereocenters. The molecule has 0 bridgehead atoms. The molecule has 2 aliphatic carbocycles. The van der Waals surface area contributed by atoms with E-state index in [0.717, 1.165) is 29.1 Å². The Labute approximate surface area is 164 Å². The molecule has 132 valence electrons. The van der Waals surface area contributed by atoms with E-state index in [9.17, 15) is 0 Å². The van der Waals surface area contributed by atoms with Crippen molar-refractivity contribution in [1.29, 1.82) is 0 Å². The van der Waals surface area contributed by atoms with Crippen LogP contribution in [0.5, 0.6) is 0 Å². The van der Waals surface area contributed by atoms with Gasteiger partial charge in [0.05, 0.1) is 11.4 Å². The van der Waals surface area contributed by atoms with Crippen molar-refractivity contribution < 1.29 is 0 Å². The van der Waals surface area contributed by atoms with Crippen LogP contribution in [0.1, 0.15) is 27.9 Å². The average Bonchev–Trinajstić information content (AvgIpc) is 3.24. The number of hydrogen-bond acceptors (Lipinski definition) is 2. The highest BCUT2D eigenvalue weighted by Gasteiger charge is 2.25. The van der Waals surface area contributed by atoms with Gasteiger partial charge in [-0.15, -0.1) is 0 Å². The predicted molar refractivity (Wildman–Crippen MR) is 114 cm³/mol. The van der Waals surface area contributed by atoms with Gasteiger partial charge in [-0.05, 0) is 64.9 Å². The zero-order valence-corrected chi connectivity index (χ0v) is 15.6. The van der Waals surface area contributed by atoms with Crippen LogP contribution < -0.4 is 0 Å². The van der Waals surface area contributed by atoms with E-state index < -0.39 is 0 Å². The first-order valence-corrected chi connectivity index (χ1v) is 9.64. The second-order valence-electron chi connectivity index (χ2n) is 7.55. The second kappa shape index (κ2) is 5.74. The molecule has 2 heteroatoms. The lowest BCUT2D eigenvalue weighted by Gasteiger charge is -2.05. The van der Waals surface area contributed by atoms with Crippen LogP contribution in [-0.2, 0) is 6.42 Å². The third-order valence-electron chi connectivity index (χ3n) is 5.79. The minimum atomic E-state index is 0.984. The fourth-order valence-corrected chi connectivity index (χ4v) is 4.49. The summed E-state index contributed by atoms with van der Waals surface area (Å²) in [7, 11) is 0. The fourth-order valence-electron chi connectivity index (χ4n) is 4.49. The summed E-state index contributed by atoms with van der Waals surface area (Å²) in [5.41, 5.74) is 13.3. The smallest absolute Gasteiger partial charge is 0.0809 e. The molecule has 2 aliphatic rings. The van der Waals surface area contributed by atoms with Crippen molar-refractivity contribution in [3.05, 3.63) is 107 Å². The maximum atomic E-state index is 5.09. The van der Waals surface area contributed by atoms with Gasteiger partial charge in [-0.3, -0.25) is 4.98 Å². The van der Waals surface area contributed by atoms with Gasteiger partial charge in [-0.1, -0.05) is 54.6 Å². The summed E-state index contributed by atoms with van der Waals surface area (Å²) in [6, 6.07) is 25.9. The van der Waals surface area contributed by atoms with E-state index in [2.05, 4.69) is 77.8 Å². The normalized spacial score (nSPS) is 14.5. The molecule has 3 aromatic carbocycles. The van der Waals surface area contributed by atoms with Gasteiger partial charge < -0.3 is 0 Å². The maximum absolute atomic E-state index is 5.09. The van der Waals surface area contributed by atoms with Crippen LogP contribution >= 0.6 is 0 Å². The molecule has 1 aromatic heterocycles. The molecule has 6 rings (SSSR count). The van der Waals surface area contributed by atoms with Gasteiger partial charge in [0.2, 0.25) is 0 Å². The molecule has 0 N–H and O–H groups in total. The molecule has 28 heavy (non-hydrogen) atoms. The fraction of sp³-hybridized carbons (Fsp3) is 0.0769. The number of rotatable bonds is 1. The first-order chi connectivity index (χ1) is 13.8. The quantitative estimate of drug-likeness (QED) is 0.348. The third-order valence-corrected chi connectivity index (χ3v) is 5.79. The maximum Gasteiger partial charge on any atom is 0.0809 e. The molecule has 0 fully saturated rings. The number of benzene rings is 3. The summed E-state index contributed by atoms with van der Waals surface area (Å²) in [5, 5.41) is 0. The van der Waals surface area contributed by atoms with Crippen molar-refractivity contribution in [3.63, 3.8) is 0 Å².